The number of hydrogen-bond donors (Lipinski definition) is 0. The molecule has 0 aromatic heterocycles. The highest BCUT2D eigenvalue weighted by atomic mass is 16.6. The molecule has 0 unspecified atom stereocenters. The van der Waals surface area contributed by atoms with Crippen LogP contribution in [0.2, 0.25) is 0 Å². The molecule has 7 nitrogen and oxygen atoms in total. The Morgan fingerprint density at radius 3 is 1.71 bits per heavy atom. The van der Waals surface area contributed by atoms with Crippen LogP contribution in [0.3, 0.4) is 0 Å². The van der Waals surface area contributed by atoms with Crippen molar-refractivity contribution in [2.45, 2.75) is 45.7 Å². The molecular formula is C27H35NO6. The molecule has 0 fully saturated rings. The van der Waals surface area contributed by atoms with E-state index in [2.05, 4.69) is 0 Å². The van der Waals surface area contributed by atoms with E-state index >= 15 is 0 Å². The Kier molecular flexibility index (Phi) is 11.3. The fourth-order valence-corrected chi connectivity index (χ4v) is 4.02. The molecule has 0 saturated carbocycles. The molecule has 0 saturated heterocycles. The van der Waals surface area contributed by atoms with Crippen molar-refractivity contribution in [1.82, 2.24) is 4.90 Å². The predicted molar refractivity (Wildman–Crippen MR) is 129 cm³/mol. The van der Waals surface area contributed by atoms with Gasteiger partial charge in [-0.15, -0.1) is 0 Å². The van der Waals surface area contributed by atoms with Crippen LogP contribution in [0.5, 0.6) is 0 Å². The molecule has 0 N–H and O–H groups in total. The minimum Gasteiger partial charge on any atom is -0.465 e. The number of likely N-dealkylation sites (N-methyl/N-ethyl adjacent to an activating group) is 1. The second kappa shape index (κ2) is 14.2. The third-order valence-electron chi connectivity index (χ3n) is 5.52. The summed E-state index contributed by atoms with van der Waals surface area (Å²) in [5.74, 6) is -3.41. The number of benzene rings is 2. The fraction of sp³-hybridized carbons (Fsp3) is 0.444. The largest absolute Gasteiger partial charge is 0.465 e. The maximum absolute atomic E-state index is 13.3. The lowest BCUT2D eigenvalue weighted by Crippen LogP contribution is -2.45. The molecule has 184 valence electrons. The molecule has 0 spiro atoms. The van der Waals surface area contributed by atoms with E-state index in [1.807, 2.05) is 72.6 Å². The zero-order valence-electron chi connectivity index (χ0n) is 20.4. The van der Waals surface area contributed by atoms with Crippen molar-refractivity contribution < 1.29 is 28.6 Å². The van der Waals surface area contributed by atoms with Gasteiger partial charge in [0.2, 0.25) is 0 Å². The Bertz CT molecular complexity index is 884. The summed E-state index contributed by atoms with van der Waals surface area (Å²) in [5.41, 5.74) is 1.84. The summed E-state index contributed by atoms with van der Waals surface area (Å²) in [7, 11) is 1.84. The Morgan fingerprint density at radius 2 is 1.21 bits per heavy atom. The smallest absolute Gasteiger partial charge is 0.323 e. The summed E-state index contributed by atoms with van der Waals surface area (Å²) in [6, 6.07) is 18.4. The van der Waals surface area contributed by atoms with Crippen LogP contribution in [0.25, 0.3) is 0 Å². The lowest BCUT2D eigenvalue weighted by atomic mass is 9.82. The van der Waals surface area contributed by atoms with Crippen molar-refractivity contribution in [1.29, 1.82) is 0 Å². The Morgan fingerprint density at radius 1 is 0.735 bits per heavy atom. The van der Waals surface area contributed by atoms with Crippen molar-refractivity contribution in [3.05, 3.63) is 71.8 Å². The molecule has 0 radical (unpaired) electrons. The van der Waals surface area contributed by atoms with Gasteiger partial charge in [0, 0.05) is 12.5 Å². The van der Waals surface area contributed by atoms with Gasteiger partial charge in [0.1, 0.15) is 6.04 Å². The van der Waals surface area contributed by atoms with E-state index in [9.17, 15) is 14.4 Å². The molecule has 2 aromatic rings. The van der Waals surface area contributed by atoms with Gasteiger partial charge in [0.15, 0.2) is 5.92 Å². The first-order valence-electron chi connectivity index (χ1n) is 11.7. The standard InChI is InChI=1S/C27H35NO6/c1-5-32-25(29)23(26(30)33-6-2)18-22(21-16-12-9-13-17-21)24(27(31)34-7-3)28(4)19-20-14-10-8-11-15-20/h8-17,22-24H,5-7,18-19H2,1-4H3/t22-,24+/m0/s1. The summed E-state index contributed by atoms with van der Waals surface area (Å²) < 4.78 is 15.8. The van der Waals surface area contributed by atoms with Crippen molar-refractivity contribution in [3.63, 3.8) is 0 Å². The van der Waals surface area contributed by atoms with Gasteiger partial charge in [-0.25, -0.2) is 0 Å². The normalized spacial score (nSPS) is 12.8. The molecular weight excluding hydrogens is 434 g/mol. The third kappa shape index (κ3) is 7.70. The zero-order valence-corrected chi connectivity index (χ0v) is 20.4. The fourth-order valence-electron chi connectivity index (χ4n) is 4.02. The number of esters is 3. The molecule has 2 atom stereocenters. The third-order valence-corrected chi connectivity index (χ3v) is 5.52. The quantitative estimate of drug-likeness (QED) is 0.249. The second-order valence-electron chi connectivity index (χ2n) is 7.91. The van der Waals surface area contributed by atoms with Crippen molar-refractivity contribution in [2.24, 2.45) is 5.92 Å². The van der Waals surface area contributed by atoms with Gasteiger partial charge < -0.3 is 14.2 Å². The number of nitrogens with zero attached hydrogens (tertiary/aromatic N) is 1. The van der Waals surface area contributed by atoms with E-state index in [0.29, 0.717) is 6.54 Å². The van der Waals surface area contributed by atoms with Crippen LogP contribution >= 0.6 is 0 Å². The number of ether oxygens (including phenoxy) is 3. The lowest BCUT2D eigenvalue weighted by molar-refractivity contribution is -0.163. The van der Waals surface area contributed by atoms with Gasteiger partial charge in [0.25, 0.3) is 0 Å². The first-order chi connectivity index (χ1) is 16.4. The van der Waals surface area contributed by atoms with Crippen LogP contribution in [-0.2, 0) is 35.1 Å². The summed E-state index contributed by atoms with van der Waals surface area (Å²) in [4.78, 5) is 40.7. The highest BCUT2D eigenvalue weighted by molar-refractivity contribution is 5.95. The molecule has 34 heavy (non-hydrogen) atoms. The van der Waals surface area contributed by atoms with E-state index < -0.39 is 35.8 Å². The summed E-state index contributed by atoms with van der Waals surface area (Å²) in [6.45, 7) is 6.10. The highest BCUT2D eigenvalue weighted by Crippen LogP contribution is 2.32. The van der Waals surface area contributed by atoms with Crippen LogP contribution < -0.4 is 0 Å². The average Bonchev–Trinajstić information content (AvgIpc) is 2.83. The number of hydrogen-bond acceptors (Lipinski definition) is 7. The van der Waals surface area contributed by atoms with Crippen LogP contribution in [0.4, 0.5) is 0 Å². The highest BCUT2D eigenvalue weighted by Gasteiger charge is 2.40. The zero-order chi connectivity index (χ0) is 24.9. The first kappa shape index (κ1) is 27.1. The van der Waals surface area contributed by atoms with Crippen LogP contribution in [-0.4, -0.2) is 55.7 Å². The molecule has 7 heteroatoms. The van der Waals surface area contributed by atoms with E-state index in [-0.39, 0.29) is 26.2 Å². The Hall–Kier alpha value is -3.19. The monoisotopic (exact) mass is 469 g/mol. The summed E-state index contributed by atoms with van der Waals surface area (Å²) >= 11 is 0. The second-order valence-corrected chi connectivity index (χ2v) is 7.91. The van der Waals surface area contributed by atoms with Gasteiger partial charge in [0.05, 0.1) is 19.8 Å². The van der Waals surface area contributed by atoms with E-state index in [1.54, 1.807) is 20.8 Å². The average molecular weight is 470 g/mol. The van der Waals surface area contributed by atoms with Gasteiger partial charge in [-0.05, 0) is 45.4 Å². The van der Waals surface area contributed by atoms with Gasteiger partial charge in [-0.1, -0.05) is 60.7 Å². The SMILES string of the molecule is CCOC(=O)C(C[C@@H](c1ccccc1)[C@H](C(=O)OCC)N(C)Cc1ccccc1)C(=O)OCC. The Balaban J connectivity index is 2.50. The molecule has 0 aliphatic carbocycles. The molecule has 0 bridgehead atoms. The van der Waals surface area contributed by atoms with E-state index in [1.165, 1.54) is 0 Å². The number of carbonyl (C=O) groups is 3. The molecule has 0 aliphatic rings. The van der Waals surface area contributed by atoms with Crippen molar-refractivity contribution >= 4 is 17.9 Å². The minimum atomic E-state index is -1.16. The molecule has 0 heterocycles. The first-order valence-corrected chi connectivity index (χ1v) is 11.7. The van der Waals surface area contributed by atoms with Crippen LogP contribution in [0, 0.1) is 5.92 Å². The maximum Gasteiger partial charge on any atom is 0.323 e. The maximum atomic E-state index is 13.3. The minimum absolute atomic E-state index is 0.0459. The number of rotatable bonds is 13. The Labute approximate surface area is 202 Å². The van der Waals surface area contributed by atoms with Gasteiger partial charge >= 0.3 is 17.9 Å². The predicted octanol–water partition coefficient (Wildman–Crippen LogP) is 3.97. The molecule has 0 amide bonds. The lowest BCUT2D eigenvalue weighted by Gasteiger charge is -2.34. The molecule has 0 aliphatic heterocycles. The van der Waals surface area contributed by atoms with E-state index in [0.717, 1.165) is 11.1 Å². The van der Waals surface area contributed by atoms with Crippen molar-refractivity contribution in [3.8, 4) is 0 Å². The molecule has 2 rings (SSSR count). The van der Waals surface area contributed by atoms with Gasteiger partial charge in [-0.2, -0.15) is 0 Å². The summed E-state index contributed by atoms with van der Waals surface area (Å²) in [6.07, 6.45) is 0.0459. The number of carbonyl (C=O) groups excluding carboxylic acids is 3. The van der Waals surface area contributed by atoms with Gasteiger partial charge in [-0.3, -0.25) is 19.3 Å². The molecule has 2 aromatic carbocycles. The topological polar surface area (TPSA) is 82.1 Å². The van der Waals surface area contributed by atoms with Crippen molar-refractivity contribution in [2.75, 3.05) is 26.9 Å². The van der Waals surface area contributed by atoms with Crippen LogP contribution in [0.15, 0.2) is 60.7 Å². The summed E-state index contributed by atoms with van der Waals surface area (Å²) in [5, 5.41) is 0. The van der Waals surface area contributed by atoms with Crippen LogP contribution in [0.1, 0.15) is 44.2 Å². The van der Waals surface area contributed by atoms with E-state index in [4.69, 9.17) is 14.2 Å².